The zero-order valence-corrected chi connectivity index (χ0v) is 12.1. The highest BCUT2D eigenvalue weighted by Crippen LogP contribution is 2.07. The highest BCUT2D eigenvalue weighted by atomic mass is 16.5. The van der Waals surface area contributed by atoms with Crippen molar-refractivity contribution in [2.75, 3.05) is 18.5 Å². The van der Waals surface area contributed by atoms with Crippen LogP contribution < -0.4 is 16.6 Å². The minimum Gasteiger partial charge on any atom is -0.380 e. The van der Waals surface area contributed by atoms with Crippen molar-refractivity contribution < 1.29 is 4.74 Å². The second-order valence-corrected chi connectivity index (χ2v) is 4.77. The van der Waals surface area contributed by atoms with Crippen molar-refractivity contribution in [2.24, 2.45) is 20.0 Å². The fourth-order valence-corrected chi connectivity index (χ4v) is 1.61. The Labute approximate surface area is 112 Å². The number of ether oxygens (including phenoxy) is 1. The molecule has 19 heavy (non-hydrogen) atoms. The number of aryl methyl sites for hydroxylation is 1. The minimum atomic E-state index is -0.443. The Kier molecular flexibility index (Phi) is 5.29. The summed E-state index contributed by atoms with van der Waals surface area (Å²) in [5.41, 5.74) is -0.869. The molecule has 1 aromatic rings. The van der Waals surface area contributed by atoms with Crippen LogP contribution in [0.15, 0.2) is 9.59 Å². The first kappa shape index (κ1) is 15.4. The quantitative estimate of drug-likeness (QED) is 0.784. The third kappa shape index (κ3) is 3.66. The van der Waals surface area contributed by atoms with Gasteiger partial charge < -0.3 is 10.1 Å². The molecule has 0 amide bonds. The van der Waals surface area contributed by atoms with Gasteiger partial charge in [0.2, 0.25) is 5.82 Å². The largest absolute Gasteiger partial charge is 0.380 e. The summed E-state index contributed by atoms with van der Waals surface area (Å²) >= 11 is 0. The third-order valence-corrected chi connectivity index (χ3v) is 2.95. The molecule has 1 atom stereocenters. The Morgan fingerprint density at radius 1 is 1.32 bits per heavy atom. The van der Waals surface area contributed by atoms with E-state index in [0.717, 1.165) is 9.25 Å². The Hall–Kier alpha value is -1.63. The number of nitrogens with one attached hydrogen (secondary N) is 1. The van der Waals surface area contributed by atoms with Gasteiger partial charge in [0, 0.05) is 20.7 Å². The van der Waals surface area contributed by atoms with Crippen molar-refractivity contribution in [2.45, 2.75) is 26.8 Å². The lowest BCUT2D eigenvalue weighted by Gasteiger charge is -2.22. The van der Waals surface area contributed by atoms with E-state index in [9.17, 15) is 9.59 Å². The van der Waals surface area contributed by atoms with E-state index in [-0.39, 0.29) is 17.8 Å². The molecule has 1 unspecified atom stereocenters. The number of hydrogen-bond donors (Lipinski definition) is 1. The number of rotatable bonds is 6. The van der Waals surface area contributed by atoms with Gasteiger partial charge in [0.15, 0.2) is 0 Å². The molecule has 0 aromatic carbocycles. The summed E-state index contributed by atoms with van der Waals surface area (Å²) in [7, 11) is 2.95. The maximum atomic E-state index is 12.0. The van der Waals surface area contributed by atoms with E-state index >= 15 is 0 Å². The van der Waals surface area contributed by atoms with Gasteiger partial charge in [0.05, 0.1) is 12.6 Å². The third-order valence-electron chi connectivity index (χ3n) is 2.95. The van der Waals surface area contributed by atoms with E-state index in [0.29, 0.717) is 13.2 Å². The monoisotopic (exact) mass is 270 g/mol. The zero-order valence-electron chi connectivity index (χ0n) is 12.1. The molecule has 0 aliphatic rings. The molecule has 0 spiro atoms. The van der Waals surface area contributed by atoms with E-state index < -0.39 is 11.2 Å². The van der Waals surface area contributed by atoms with Gasteiger partial charge in [-0.05, 0) is 12.8 Å². The molecule has 0 aliphatic carbocycles. The maximum absolute atomic E-state index is 12.0. The summed E-state index contributed by atoms with van der Waals surface area (Å²) < 4.78 is 7.56. The Balaban J connectivity index is 3.03. The zero-order chi connectivity index (χ0) is 14.6. The Morgan fingerprint density at radius 2 is 1.95 bits per heavy atom. The van der Waals surface area contributed by atoms with Crippen LogP contribution in [0.3, 0.4) is 0 Å². The fourth-order valence-electron chi connectivity index (χ4n) is 1.61. The van der Waals surface area contributed by atoms with Crippen LogP contribution in [0.25, 0.3) is 0 Å². The number of nitrogens with zero attached hydrogens (tertiary/aromatic N) is 3. The highest BCUT2D eigenvalue weighted by molar-refractivity contribution is 5.31. The van der Waals surface area contributed by atoms with Gasteiger partial charge in [-0.25, -0.2) is 9.48 Å². The molecule has 0 radical (unpaired) electrons. The average molecular weight is 270 g/mol. The van der Waals surface area contributed by atoms with Crippen LogP contribution >= 0.6 is 0 Å². The van der Waals surface area contributed by atoms with Gasteiger partial charge in [-0.3, -0.25) is 9.36 Å². The lowest BCUT2D eigenvalue weighted by molar-refractivity contribution is 0.126. The predicted octanol–water partition coefficient (Wildman–Crippen LogP) is -0.0480. The molecule has 0 saturated heterocycles. The van der Waals surface area contributed by atoms with Crippen LogP contribution in [-0.2, 0) is 18.8 Å². The second kappa shape index (κ2) is 6.51. The van der Waals surface area contributed by atoms with Crippen LogP contribution in [-0.4, -0.2) is 33.6 Å². The number of anilines is 1. The summed E-state index contributed by atoms with van der Waals surface area (Å²) in [4.78, 5) is 23.5. The topological polar surface area (TPSA) is 78.2 Å². The van der Waals surface area contributed by atoms with E-state index in [4.69, 9.17) is 4.74 Å². The summed E-state index contributed by atoms with van der Waals surface area (Å²) in [6.45, 7) is 7.08. The Morgan fingerprint density at radius 3 is 2.47 bits per heavy atom. The first-order valence-electron chi connectivity index (χ1n) is 6.37. The average Bonchev–Trinajstić information content (AvgIpc) is 2.37. The van der Waals surface area contributed by atoms with Gasteiger partial charge in [-0.2, -0.15) is 0 Å². The van der Waals surface area contributed by atoms with Crippen molar-refractivity contribution >= 4 is 5.82 Å². The van der Waals surface area contributed by atoms with E-state index in [1.165, 1.54) is 14.1 Å². The minimum absolute atomic E-state index is 0.0300. The molecule has 1 N–H and O–H groups in total. The van der Waals surface area contributed by atoms with Crippen molar-refractivity contribution in [1.29, 1.82) is 0 Å². The van der Waals surface area contributed by atoms with E-state index in [2.05, 4.69) is 10.4 Å². The first-order valence-corrected chi connectivity index (χ1v) is 6.37. The van der Waals surface area contributed by atoms with Crippen LogP contribution in [0, 0.1) is 5.92 Å². The van der Waals surface area contributed by atoms with Gasteiger partial charge in [0.25, 0.3) is 5.56 Å². The molecule has 7 nitrogen and oxygen atoms in total. The maximum Gasteiger partial charge on any atom is 0.346 e. The molecule has 7 heteroatoms. The number of hydrogen-bond acceptors (Lipinski definition) is 5. The van der Waals surface area contributed by atoms with Gasteiger partial charge >= 0.3 is 5.69 Å². The molecular formula is C12H22N4O3. The lowest BCUT2D eigenvalue weighted by Crippen LogP contribution is -2.42. The normalized spacial score (nSPS) is 12.7. The second-order valence-electron chi connectivity index (χ2n) is 4.77. The predicted molar refractivity (Wildman–Crippen MR) is 73.5 cm³/mol. The van der Waals surface area contributed by atoms with Crippen LogP contribution in [0.1, 0.15) is 20.8 Å². The summed E-state index contributed by atoms with van der Waals surface area (Å²) in [5, 5.41) is 7.03. The molecule has 0 saturated carbocycles. The molecular weight excluding hydrogens is 248 g/mol. The molecule has 1 heterocycles. The van der Waals surface area contributed by atoms with Crippen LogP contribution in [0.5, 0.6) is 0 Å². The Bertz CT molecular complexity index is 533. The van der Waals surface area contributed by atoms with Crippen molar-refractivity contribution in [3.05, 3.63) is 20.8 Å². The lowest BCUT2D eigenvalue weighted by atomic mass is 10.1. The van der Waals surface area contributed by atoms with Gasteiger partial charge in [0.1, 0.15) is 0 Å². The smallest absolute Gasteiger partial charge is 0.346 e. The van der Waals surface area contributed by atoms with Gasteiger partial charge in [-0.15, -0.1) is 5.10 Å². The molecule has 0 fully saturated rings. The molecule has 1 rings (SSSR count). The van der Waals surface area contributed by atoms with Crippen LogP contribution in [0.4, 0.5) is 5.82 Å². The molecule has 0 aliphatic heterocycles. The molecule has 1 aromatic heterocycles. The molecule has 0 bridgehead atoms. The van der Waals surface area contributed by atoms with Crippen molar-refractivity contribution in [3.63, 3.8) is 0 Å². The highest BCUT2D eigenvalue weighted by Gasteiger charge is 2.17. The fraction of sp³-hybridized carbons (Fsp3) is 0.750. The van der Waals surface area contributed by atoms with E-state index in [1.54, 1.807) is 0 Å². The van der Waals surface area contributed by atoms with Crippen molar-refractivity contribution in [1.82, 2.24) is 14.3 Å². The summed E-state index contributed by atoms with van der Waals surface area (Å²) in [6.07, 6.45) is 0. The molecule has 108 valence electrons. The van der Waals surface area contributed by atoms with Crippen molar-refractivity contribution in [3.8, 4) is 0 Å². The first-order chi connectivity index (χ1) is 8.88. The van der Waals surface area contributed by atoms with Gasteiger partial charge in [-0.1, -0.05) is 13.8 Å². The SMILES string of the molecule is CCOCC(Nc1nn(C)c(=O)n(C)c1=O)C(C)C. The summed E-state index contributed by atoms with van der Waals surface area (Å²) in [6, 6.07) is -0.0300. The van der Waals surface area contributed by atoms with E-state index in [1.807, 2.05) is 20.8 Å². The standard InChI is InChI=1S/C12H22N4O3/c1-6-19-7-9(8(2)3)13-10-11(17)15(4)12(18)16(5)14-10/h8-9H,6-7H2,1-5H3,(H,13,14). The number of aromatic nitrogens is 3. The summed E-state index contributed by atoms with van der Waals surface area (Å²) in [5.74, 6) is 0.443. The van der Waals surface area contributed by atoms with Crippen LogP contribution in [0.2, 0.25) is 0 Å².